The van der Waals surface area contributed by atoms with E-state index in [-0.39, 0.29) is 24.4 Å². The maximum Gasteiger partial charge on any atom is 0.316 e. The van der Waals surface area contributed by atoms with E-state index in [0.29, 0.717) is 47.7 Å². The van der Waals surface area contributed by atoms with Crippen molar-refractivity contribution in [2.45, 2.75) is 54.1 Å². The van der Waals surface area contributed by atoms with Gasteiger partial charge < -0.3 is 25.2 Å². The molecule has 8 heteroatoms. The van der Waals surface area contributed by atoms with Gasteiger partial charge in [0.15, 0.2) is 0 Å². The molecule has 3 aromatic carbocycles. The van der Waals surface area contributed by atoms with Crippen molar-refractivity contribution in [2.75, 3.05) is 19.6 Å². The van der Waals surface area contributed by atoms with Crippen molar-refractivity contribution in [1.29, 1.82) is 0 Å². The highest BCUT2D eigenvalue weighted by atomic mass is 16.5. The normalized spacial score (nSPS) is 12.4. The predicted molar refractivity (Wildman–Crippen MR) is 163 cm³/mol. The van der Waals surface area contributed by atoms with Gasteiger partial charge in [-0.3, -0.25) is 14.4 Å². The fourth-order valence-electron chi connectivity index (χ4n) is 3.87. The average molecular weight is 575 g/mol. The Bertz CT molecular complexity index is 1370. The second-order valence-electron chi connectivity index (χ2n) is 12.3. The molecule has 0 spiro atoms. The van der Waals surface area contributed by atoms with Gasteiger partial charge >= 0.3 is 11.9 Å². The number of hydrogen-bond donors (Lipinski definition) is 3. The first-order valence-corrected chi connectivity index (χ1v) is 14.1. The lowest BCUT2D eigenvalue weighted by molar-refractivity contribution is -0.143. The van der Waals surface area contributed by atoms with Crippen LogP contribution in [0.4, 0.5) is 0 Å². The minimum Gasteiger partial charge on any atom is -0.426 e. The third-order valence-corrected chi connectivity index (χ3v) is 6.34. The summed E-state index contributed by atoms with van der Waals surface area (Å²) in [5.74, 6) is -0.113. The summed E-state index contributed by atoms with van der Waals surface area (Å²) in [6, 6.07) is 21.6. The summed E-state index contributed by atoms with van der Waals surface area (Å²) in [5.41, 5.74) is 1.49. The van der Waals surface area contributed by atoms with E-state index >= 15 is 0 Å². The zero-order valence-electron chi connectivity index (χ0n) is 25.3. The predicted octanol–water partition coefficient (Wildman–Crippen LogP) is 5.24. The molecule has 3 N–H and O–H groups in total. The fourth-order valence-corrected chi connectivity index (χ4v) is 3.87. The van der Waals surface area contributed by atoms with Gasteiger partial charge in [-0.2, -0.15) is 0 Å². The Morgan fingerprint density at radius 1 is 0.762 bits per heavy atom. The van der Waals surface area contributed by atoms with E-state index < -0.39 is 16.9 Å². The number of benzene rings is 3. The number of amides is 1. The molecule has 3 aromatic rings. The van der Waals surface area contributed by atoms with Crippen LogP contribution in [0.15, 0.2) is 72.8 Å². The van der Waals surface area contributed by atoms with Gasteiger partial charge in [-0.15, -0.1) is 0 Å². The summed E-state index contributed by atoms with van der Waals surface area (Å²) in [6.45, 7) is 11.8. The average Bonchev–Trinajstić information content (AvgIpc) is 2.92. The van der Waals surface area contributed by atoms with Crippen LogP contribution in [-0.2, 0) is 20.8 Å². The van der Waals surface area contributed by atoms with E-state index in [1.807, 2.05) is 36.4 Å². The number of hydrogen-bond acceptors (Lipinski definition) is 7. The van der Waals surface area contributed by atoms with Crippen LogP contribution in [0.1, 0.15) is 58.8 Å². The highest BCUT2D eigenvalue weighted by Crippen LogP contribution is 2.34. The van der Waals surface area contributed by atoms with Crippen LogP contribution in [0, 0.1) is 10.8 Å². The number of carbonyl (C=O) groups is 3. The molecular weight excluding hydrogens is 532 g/mol. The first-order valence-electron chi connectivity index (χ1n) is 14.1. The van der Waals surface area contributed by atoms with Crippen molar-refractivity contribution >= 4 is 17.8 Å². The van der Waals surface area contributed by atoms with Crippen LogP contribution in [-0.4, -0.2) is 42.6 Å². The number of rotatable bonds is 11. The van der Waals surface area contributed by atoms with Crippen molar-refractivity contribution in [2.24, 2.45) is 10.8 Å². The van der Waals surface area contributed by atoms with Crippen LogP contribution in [0.25, 0.3) is 11.1 Å². The Kier molecular flexibility index (Phi) is 11.0. The lowest BCUT2D eigenvalue weighted by atomic mass is 9.95. The molecule has 0 fully saturated rings. The van der Waals surface area contributed by atoms with Crippen molar-refractivity contribution in [1.82, 2.24) is 10.6 Å². The quantitative estimate of drug-likeness (QED) is 0.163. The molecule has 0 radical (unpaired) electrons. The molecule has 0 saturated carbocycles. The first kappa shape index (κ1) is 32.5. The van der Waals surface area contributed by atoms with E-state index in [4.69, 9.17) is 9.47 Å². The molecule has 224 valence electrons. The van der Waals surface area contributed by atoms with Gasteiger partial charge in [0.05, 0.1) is 23.4 Å². The molecule has 0 saturated heterocycles. The molecule has 0 aliphatic rings. The third kappa shape index (κ3) is 9.82. The summed E-state index contributed by atoms with van der Waals surface area (Å²) in [7, 11) is 0. The molecule has 1 unspecified atom stereocenters. The Balaban J connectivity index is 1.73. The summed E-state index contributed by atoms with van der Waals surface area (Å²) in [5, 5.41) is 17.2. The summed E-state index contributed by atoms with van der Waals surface area (Å²) in [6.07, 6.45) is -0.600. The van der Waals surface area contributed by atoms with Gasteiger partial charge in [0.2, 0.25) is 5.91 Å². The lowest BCUT2D eigenvalue weighted by Gasteiger charge is -2.20. The number of nitrogens with one attached hydrogen (secondary N) is 2. The first-order chi connectivity index (χ1) is 19.7. The number of esters is 2. The molecule has 0 bridgehead atoms. The SMILES string of the molecule is CC(C)(C)C(=O)Oc1cccc(-c2cc(OC(=O)C(C)(C)C)ccc2C(O)CNCCNC(=O)Cc2ccccc2)c1. The Morgan fingerprint density at radius 3 is 2.00 bits per heavy atom. The highest BCUT2D eigenvalue weighted by molar-refractivity contribution is 5.80. The minimum atomic E-state index is -0.909. The van der Waals surface area contributed by atoms with Crippen LogP contribution in [0.3, 0.4) is 0 Å². The Hall–Kier alpha value is -4.01. The zero-order valence-corrected chi connectivity index (χ0v) is 25.3. The molecule has 0 aliphatic carbocycles. The fraction of sp³-hybridized carbons (Fsp3) is 0.382. The number of carbonyl (C=O) groups excluding carboxylic acids is 3. The molecule has 1 atom stereocenters. The maximum atomic E-state index is 12.6. The van der Waals surface area contributed by atoms with Gasteiger partial charge in [0, 0.05) is 19.6 Å². The van der Waals surface area contributed by atoms with E-state index in [9.17, 15) is 19.5 Å². The third-order valence-electron chi connectivity index (χ3n) is 6.34. The second-order valence-corrected chi connectivity index (χ2v) is 12.3. The van der Waals surface area contributed by atoms with Crippen LogP contribution >= 0.6 is 0 Å². The summed E-state index contributed by atoms with van der Waals surface area (Å²) < 4.78 is 11.2. The zero-order chi connectivity index (χ0) is 30.9. The highest BCUT2D eigenvalue weighted by Gasteiger charge is 2.26. The van der Waals surface area contributed by atoms with Crippen molar-refractivity contribution in [3.05, 3.63) is 83.9 Å². The number of ether oxygens (including phenoxy) is 2. The molecule has 3 rings (SSSR count). The minimum absolute atomic E-state index is 0.0710. The molecule has 0 aliphatic heterocycles. The van der Waals surface area contributed by atoms with Crippen molar-refractivity contribution in [3.8, 4) is 22.6 Å². The standard InChI is InChI=1S/C34H42N2O6/c1-33(2,3)31(39)41-25-14-10-13-24(20-25)28-21-26(42-32(40)34(4,5)6)15-16-27(28)29(37)22-35-17-18-36-30(38)19-23-11-8-7-9-12-23/h7-16,20-21,29,35,37H,17-19,22H2,1-6H3,(H,36,38). The number of aliphatic hydroxyl groups excluding tert-OH is 1. The molecule has 0 heterocycles. The van der Waals surface area contributed by atoms with Crippen LogP contribution in [0.2, 0.25) is 0 Å². The van der Waals surface area contributed by atoms with Crippen molar-refractivity contribution in [3.63, 3.8) is 0 Å². The smallest absolute Gasteiger partial charge is 0.316 e. The number of aliphatic hydroxyl groups is 1. The molecule has 0 aromatic heterocycles. The van der Waals surface area contributed by atoms with Gasteiger partial charge in [0.1, 0.15) is 11.5 Å². The van der Waals surface area contributed by atoms with E-state index in [0.717, 1.165) is 5.56 Å². The van der Waals surface area contributed by atoms with Gasteiger partial charge in [0.25, 0.3) is 0 Å². The lowest BCUT2D eigenvalue weighted by Crippen LogP contribution is -2.34. The molecule has 1 amide bonds. The van der Waals surface area contributed by atoms with Gasteiger partial charge in [-0.1, -0.05) is 48.5 Å². The van der Waals surface area contributed by atoms with Crippen LogP contribution < -0.4 is 20.1 Å². The summed E-state index contributed by atoms with van der Waals surface area (Å²) >= 11 is 0. The second kappa shape index (κ2) is 14.2. The largest absolute Gasteiger partial charge is 0.426 e. The molecule has 42 heavy (non-hydrogen) atoms. The topological polar surface area (TPSA) is 114 Å². The van der Waals surface area contributed by atoms with Gasteiger partial charge in [-0.25, -0.2) is 0 Å². The van der Waals surface area contributed by atoms with Crippen molar-refractivity contribution < 1.29 is 29.0 Å². The molecular formula is C34H42N2O6. The Morgan fingerprint density at radius 2 is 1.38 bits per heavy atom. The monoisotopic (exact) mass is 574 g/mol. The van der Waals surface area contributed by atoms with E-state index in [2.05, 4.69) is 10.6 Å². The molecule has 8 nitrogen and oxygen atoms in total. The summed E-state index contributed by atoms with van der Waals surface area (Å²) in [4.78, 5) is 37.2. The van der Waals surface area contributed by atoms with Gasteiger partial charge in [-0.05, 0) is 88.1 Å². The van der Waals surface area contributed by atoms with E-state index in [1.54, 1.807) is 77.9 Å². The van der Waals surface area contributed by atoms with E-state index in [1.165, 1.54) is 0 Å². The van der Waals surface area contributed by atoms with Crippen LogP contribution in [0.5, 0.6) is 11.5 Å². The Labute approximate surface area is 248 Å². The maximum absolute atomic E-state index is 12.6.